The molecule has 1 amide bonds. The van der Waals surface area contributed by atoms with Gasteiger partial charge in [0.15, 0.2) is 0 Å². The van der Waals surface area contributed by atoms with Gasteiger partial charge in [-0.2, -0.15) is 0 Å². The van der Waals surface area contributed by atoms with Gasteiger partial charge < -0.3 is 10.6 Å². The Hall–Kier alpha value is -1.35. The third kappa shape index (κ3) is 4.67. The van der Waals surface area contributed by atoms with Gasteiger partial charge in [0.05, 0.1) is 0 Å². The van der Waals surface area contributed by atoms with E-state index in [2.05, 4.69) is 48.7 Å². The fourth-order valence-corrected chi connectivity index (χ4v) is 2.27. The first-order valence-electron chi connectivity index (χ1n) is 7.24. The molecule has 1 aliphatic carbocycles. The highest BCUT2D eigenvalue weighted by Gasteiger charge is 2.23. The molecule has 1 fully saturated rings. The molecule has 2 rings (SSSR count). The number of hydrogen-bond donors (Lipinski definition) is 2. The molecule has 1 unspecified atom stereocenters. The Kier molecular flexibility index (Phi) is 4.97. The summed E-state index contributed by atoms with van der Waals surface area (Å²) in [5.74, 6) is 0.680. The Bertz CT molecular complexity index is 398. The molecule has 3 heteroatoms. The van der Waals surface area contributed by atoms with Crippen molar-refractivity contribution in [2.24, 2.45) is 5.92 Å². The molecule has 0 heterocycles. The van der Waals surface area contributed by atoms with Crippen LogP contribution in [0.1, 0.15) is 44.7 Å². The minimum absolute atomic E-state index is 0.172. The molecule has 1 aromatic rings. The maximum atomic E-state index is 11.6. The predicted octanol–water partition coefficient (Wildman–Crippen LogP) is 2.64. The van der Waals surface area contributed by atoms with E-state index in [0.717, 1.165) is 19.4 Å². The molecule has 0 spiro atoms. The molecule has 1 aromatic carbocycles. The van der Waals surface area contributed by atoms with Crippen LogP contribution in [0.15, 0.2) is 30.3 Å². The lowest BCUT2D eigenvalue weighted by Crippen LogP contribution is -2.32. The molecule has 0 radical (unpaired) electrons. The highest BCUT2D eigenvalue weighted by molar-refractivity contribution is 5.76. The number of carbonyl (C=O) groups is 1. The quantitative estimate of drug-likeness (QED) is 0.791. The van der Waals surface area contributed by atoms with E-state index in [9.17, 15) is 4.79 Å². The summed E-state index contributed by atoms with van der Waals surface area (Å²) in [6.07, 6.45) is 2.86. The van der Waals surface area contributed by atoms with Crippen LogP contribution in [0.2, 0.25) is 0 Å². The number of amides is 1. The lowest BCUT2D eigenvalue weighted by Gasteiger charge is -2.23. The van der Waals surface area contributed by atoms with Crippen molar-refractivity contribution in [1.82, 2.24) is 10.6 Å². The monoisotopic (exact) mass is 260 g/mol. The van der Waals surface area contributed by atoms with E-state index in [0.29, 0.717) is 24.4 Å². The highest BCUT2D eigenvalue weighted by atomic mass is 16.1. The van der Waals surface area contributed by atoms with Gasteiger partial charge in [0, 0.05) is 25.0 Å². The molecule has 0 bridgehead atoms. The van der Waals surface area contributed by atoms with Crippen molar-refractivity contribution in [2.45, 2.75) is 45.2 Å². The molecule has 104 valence electrons. The Balaban J connectivity index is 1.78. The van der Waals surface area contributed by atoms with Gasteiger partial charge in [0.25, 0.3) is 0 Å². The predicted molar refractivity (Wildman–Crippen MR) is 77.8 cm³/mol. The van der Waals surface area contributed by atoms with Gasteiger partial charge >= 0.3 is 0 Å². The van der Waals surface area contributed by atoms with E-state index in [1.54, 1.807) is 0 Å². The van der Waals surface area contributed by atoms with E-state index < -0.39 is 0 Å². The van der Waals surface area contributed by atoms with Crippen molar-refractivity contribution in [2.75, 3.05) is 6.54 Å². The standard InChI is InChI=1S/C16H24N2O/c1-12(2)16(13-6-4-3-5-7-13)17-11-10-15(19)18-14-8-9-14/h3-7,12,14,16-17H,8-11H2,1-2H3,(H,18,19). The van der Waals surface area contributed by atoms with E-state index in [4.69, 9.17) is 0 Å². The zero-order valence-electron chi connectivity index (χ0n) is 11.9. The average Bonchev–Trinajstić information content (AvgIpc) is 3.19. The normalized spacial score (nSPS) is 16.4. The second-order valence-electron chi connectivity index (χ2n) is 5.68. The lowest BCUT2D eigenvalue weighted by atomic mass is 9.96. The zero-order chi connectivity index (χ0) is 13.7. The number of hydrogen-bond acceptors (Lipinski definition) is 2. The molecule has 1 atom stereocenters. The smallest absolute Gasteiger partial charge is 0.221 e. The Morgan fingerprint density at radius 3 is 2.53 bits per heavy atom. The largest absolute Gasteiger partial charge is 0.353 e. The van der Waals surface area contributed by atoms with Gasteiger partial charge in [-0.3, -0.25) is 4.79 Å². The van der Waals surface area contributed by atoms with Crippen molar-refractivity contribution in [3.63, 3.8) is 0 Å². The summed E-state index contributed by atoms with van der Waals surface area (Å²) in [6.45, 7) is 5.14. The Labute approximate surface area is 115 Å². The van der Waals surface area contributed by atoms with Crippen LogP contribution in [-0.2, 0) is 4.79 Å². The van der Waals surface area contributed by atoms with Gasteiger partial charge in [0.2, 0.25) is 5.91 Å². The van der Waals surface area contributed by atoms with Crippen LogP contribution in [0.4, 0.5) is 0 Å². The van der Waals surface area contributed by atoms with Gasteiger partial charge in [-0.25, -0.2) is 0 Å². The van der Waals surface area contributed by atoms with Crippen LogP contribution in [0.25, 0.3) is 0 Å². The number of benzene rings is 1. The van der Waals surface area contributed by atoms with E-state index in [1.807, 2.05) is 6.07 Å². The highest BCUT2D eigenvalue weighted by Crippen LogP contribution is 2.21. The first kappa shape index (κ1) is 14.1. The third-order valence-electron chi connectivity index (χ3n) is 3.48. The number of nitrogens with one attached hydrogen (secondary N) is 2. The van der Waals surface area contributed by atoms with Gasteiger partial charge in [-0.15, -0.1) is 0 Å². The SMILES string of the molecule is CC(C)C(NCCC(=O)NC1CC1)c1ccccc1. The van der Waals surface area contributed by atoms with Crippen LogP contribution in [0.5, 0.6) is 0 Å². The lowest BCUT2D eigenvalue weighted by molar-refractivity contribution is -0.121. The van der Waals surface area contributed by atoms with E-state index in [1.165, 1.54) is 5.56 Å². The summed E-state index contributed by atoms with van der Waals surface area (Å²) >= 11 is 0. The van der Waals surface area contributed by atoms with Gasteiger partial charge in [-0.1, -0.05) is 44.2 Å². The molecule has 0 saturated heterocycles. The first-order chi connectivity index (χ1) is 9.16. The van der Waals surface area contributed by atoms with Crippen LogP contribution < -0.4 is 10.6 Å². The zero-order valence-corrected chi connectivity index (χ0v) is 11.9. The van der Waals surface area contributed by atoms with Crippen LogP contribution in [-0.4, -0.2) is 18.5 Å². The fraction of sp³-hybridized carbons (Fsp3) is 0.562. The maximum Gasteiger partial charge on any atom is 0.221 e. The third-order valence-corrected chi connectivity index (χ3v) is 3.48. The molecule has 2 N–H and O–H groups in total. The Morgan fingerprint density at radius 2 is 1.95 bits per heavy atom. The summed E-state index contributed by atoms with van der Waals surface area (Å²) in [6, 6.07) is 11.2. The van der Waals surface area contributed by atoms with Crippen molar-refractivity contribution in [3.05, 3.63) is 35.9 Å². The fourth-order valence-electron chi connectivity index (χ4n) is 2.27. The number of rotatable bonds is 7. The molecule has 1 aliphatic rings. The average molecular weight is 260 g/mol. The van der Waals surface area contributed by atoms with Crippen LogP contribution in [0.3, 0.4) is 0 Å². The molecule has 1 saturated carbocycles. The summed E-state index contributed by atoms with van der Waals surface area (Å²) in [7, 11) is 0. The van der Waals surface area contributed by atoms with Crippen molar-refractivity contribution >= 4 is 5.91 Å². The molecular formula is C16H24N2O. The minimum atomic E-state index is 0.172. The van der Waals surface area contributed by atoms with Gasteiger partial charge in [0.1, 0.15) is 0 Å². The molecular weight excluding hydrogens is 236 g/mol. The van der Waals surface area contributed by atoms with Crippen molar-refractivity contribution < 1.29 is 4.79 Å². The molecule has 0 aromatic heterocycles. The second kappa shape index (κ2) is 6.71. The summed E-state index contributed by atoms with van der Waals surface area (Å²) in [5.41, 5.74) is 1.29. The van der Waals surface area contributed by atoms with Crippen molar-refractivity contribution in [3.8, 4) is 0 Å². The van der Waals surface area contributed by atoms with E-state index >= 15 is 0 Å². The minimum Gasteiger partial charge on any atom is -0.353 e. The topological polar surface area (TPSA) is 41.1 Å². The second-order valence-corrected chi connectivity index (χ2v) is 5.68. The summed E-state index contributed by atoms with van der Waals surface area (Å²) in [4.78, 5) is 11.6. The number of carbonyl (C=O) groups excluding carboxylic acids is 1. The molecule has 19 heavy (non-hydrogen) atoms. The summed E-state index contributed by atoms with van der Waals surface area (Å²) in [5, 5.41) is 6.52. The Morgan fingerprint density at radius 1 is 1.26 bits per heavy atom. The van der Waals surface area contributed by atoms with E-state index in [-0.39, 0.29) is 5.91 Å². The summed E-state index contributed by atoms with van der Waals surface area (Å²) < 4.78 is 0. The van der Waals surface area contributed by atoms with Gasteiger partial charge in [-0.05, 0) is 24.3 Å². The van der Waals surface area contributed by atoms with Crippen LogP contribution >= 0.6 is 0 Å². The van der Waals surface area contributed by atoms with Crippen LogP contribution in [0, 0.1) is 5.92 Å². The molecule has 0 aliphatic heterocycles. The molecule has 3 nitrogen and oxygen atoms in total. The van der Waals surface area contributed by atoms with Crippen molar-refractivity contribution in [1.29, 1.82) is 0 Å². The maximum absolute atomic E-state index is 11.6. The first-order valence-corrected chi connectivity index (χ1v) is 7.24.